The number of carbonyl (C=O) groups is 1. The van der Waals surface area contributed by atoms with Gasteiger partial charge < -0.3 is 0 Å². The van der Waals surface area contributed by atoms with Crippen molar-refractivity contribution in [3.63, 3.8) is 0 Å². The van der Waals surface area contributed by atoms with Gasteiger partial charge in [0.25, 0.3) is 5.43 Å². The maximum atomic E-state index is 10.9. The van der Waals surface area contributed by atoms with Crippen molar-refractivity contribution in [1.82, 2.24) is 9.97 Å². The molecule has 0 radical (unpaired) electrons. The summed E-state index contributed by atoms with van der Waals surface area (Å²) in [5.74, 6) is 0. The van der Waals surface area contributed by atoms with Crippen molar-refractivity contribution in [3.05, 3.63) is 32.3 Å². The van der Waals surface area contributed by atoms with Crippen LogP contribution in [0.15, 0.2) is 15.7 Å². The van der Waals surface area contributed by atoms with Crippen LogP contribution in [0.1, 0.15) is 10.5 Å². The zero-order valence-corrected chi connectivity index (χ0v) is 5.77. The van der Waals surface area contributed by atoms with Gasteiger partial charge in [-0.15, -0.1) is 0 Å². The molecule has 0 unspecified atom stereocenters. The standard InChI is InChI=1S/C7H2N2O3/c10-2-3-1-4-5(8-3)6(11)7(12)9-4/h1-2H. The van der Waals surface area contributed by atoms with Crippen LogP contribution in [0.3, 0.4) is 0 Å². The van der Waals surface area contributed by atoms with E-state index in [0.29, 0.717) is 6.29 Å². The molecule has 5 nitrogen and oxygen atoms in total. The highest BCUT2D eigenvalue weighted by atomic mass is 16.2. The minimum Gasteiger partial charge on any atom is -0.296 e. The number of hydrogen-bond donors (Lipinski definition) is 0. The van der Waals surface area contributed by atoms with Gasteiger partial charge in [0, 0.05) is 0 Å². The van der Waals surface area contributed by atoms with E-state index >= 15 is 0 Å². The molecule has 0 N–H and O–H groups in total. The fraction of sp³-hybridized carbons (Fsp3) is 0. The van der Waals surface area contributed by atoms with Gasteiger partial charge in [-0.2, -0.15) is 0 Å². The van der Waals surface area contributed by atoms with Crippen LogP contribution in [0.5, 0.6) is 0 Å². The van der Waals surface area contributed by atoms with Crippen LogP contribution in [-0.2, 0) is 0 Å². The second-order valence-electron chi connectivity index (χ2n) is 2.28. The highest BCUT2D eigenvalue weighted by molar-refractivity contribution is 5.77. The molecule has 0 atom stereocenters. The van der Waals surface area contributed by atoms with Crippen LogP contribution in [0.2, 0.25) is 0 Å². The second-order valence-corrected chi connectivity index (χ2v) is 2.28. The molecule has 58 valence electrons. The van der Waals surface area contributed by atoms with Crippen LogP contribution in [0.4, 0.5) is 0 Å². The lowest BCUT2D eigenvalue weighted by atomic mass is 10.3. The lowest BCUT2D eigenvalue weighted by Gasteiger charge is -1.73. The smallest absolute Gasteiger partial charge is 0.296 e. The van der Waals surface area contributed by atoms with E-state index < -0.39 is 11.0 Å². The van der Waals surface area contributed by atoms with Crippen LogP contribution >= 0.6 is 0 Å². The number of fused-ring (bicyclic) bond motifs is 1. The van der Waals surface area contributed by atoms with Crippen molar-refractivity contribution in [1.29, 1.82) is 0 Å². The first-order valence-corrected chi connectivity index (χ1v) is 3.15. The van der Waals surface area contributed by atoms with Crippen LogP contribution < -0.4 is 11.0 Å². The maximum Gasteiger partial charge on any atom is 0.320 e. The molecule has 2 rings (SSSR count). The summed E-state index contributed by atoms with van der Waals surface area (Å²) in [6.45, 7) is 0. The molecular weight excluding hydrogens is 160 g/mol. The Kier molecular flexibility index (Phi) is 1.15. The Labute approximate surface area is 65.7 Å². The molecule has 0 aliphatic carbocycles. The zero-order valence-electron chi connectivity index (χ0n) is 5.77. The molecule has 0 aromatic carbocycles. The van der Waals surface area contributed by atoms with Gasteiger partial charge in [-0.25, -0.2) is 9.97 Å². The topological polar surface area (TPSA) is 77.0 Å². The van der Waals surface area contributed by atoms with Gasteiger partial charge in [0.15, 0.2) is 6.29 Å². The average molecular weight is 162 g/mol. The van der Waals surface area contributed by atoms with E-state index in [4.69, 9.17) is 0 Å². The molecule has 0 spiro atoms. The highest BCUT2D eigenvalue weighted by Gasteiger charge is 2.18. The first kappa shape index (κ1) is 6.78. The predicted molar refractivity (Wildman–Crippen MR) is 39.0 cm³/mol. The monoisotopic (exact) mass is 162 g/mol. The predicted octanol–water partition coefficient (Wildman–Crippen LogP) is -1.01. The van der Waals surface area contributed by atoms with Gasteiger partial charge in [0.1, 0.15) is 11.4 Å². The summed E-state index contributed by atoms with van der Waals surface area (Å²) in [5, 5.41) is 0. The molecule has 0 fully saturated rings. The Balaban J connectivity index is 2.88. The Bertz CT molecular complexity index is 496. The lowest BCUT2D eigenvalue weighted by molar-refractivity contribution is 0.111. The van der Waals surface area contributed by atoms with Crippen LogP contribution in [-0.4, -0.2) is 16.3 Å². The maximum absolute atomic E-state index is 10.9. The molecule has 2 aliphatic rings. The summed E-state index contributed by atoms with van der Waals surface area (Å²) in [5.41, 5.74) is -1.23. The van der Waals surface area contributed by atoms with Crippen molar-refractivity contribution in [2.24, 2.45) is 0 Å². The van der Waals surface area contributed by atoms with Crippen LogP contribution in [0.25, 0.3) is 11.4 Å². The van der Waals surface area contributed by atoms with Crippen LogP contribution in [0, 0.1) is 0 Å². The number of nitrogens with zero attached hydrogens (tertiary/aromatic N) is 2. The first-order valence-electron chi connectivity index (χ1n) is 3.15. The first-order chi connectivity index (χ1) is 5.72. The molecule has 0 saturated carbocycles. The Morgan fingerprint density at radius 1 is 1.25 bits per heavy atom. The average Bonchev–Trinajstić information content (AvgIpc) is 2.55. The minimum atomic E-state index is -0.815. The van der Waals surface area contributed by atoms with E-state index in [1.54, 1.807) is 0 Å². The third-order valence-corrected chi connectivity index (χ3v) is 1.52. The fourth-order valence-corrected chi connectivity index (χ4v) is 1.00. The van der Waals surface area contributed by atoms with E-state index in [0.717, 1.165) is 0 Å². The molecular formula is C7H2N2O3. The Morgan fingerprint density at radius 2 is 2.00 bits per heavy atom. The van der Waals surface area contributed by atoms with E-state index in [1.165, 1.54) is 6.07 Å². The quantitative estimate of drug-likeness (QED) is 0.396. The summed E-state index contributed by atoms with van der Waals surface area (Å²) in [6.07, 6.45) is 0.506. The number of aldehydes is 1. The molecule has 0 amide bonds. The molecule has 0 bridgehead atoms. The van der Waals surface area contributed by atoms with Gasteiger partial charge in [-0.05, 0) is 6.07 Å². The third kappa shape index (κ3) is 0.701. The summed E-state index contributed by atoms with van der Waals surface area (Å²) in [4.78, 5) is 38.8. The van der Waals surface area contributed by atoms with E-state index in [9.17, 15) is 14.4 Å². The number of aromatic nitrogens is 2. The summed E-state index contributed by atoms with van der Waals surface area (Å²) >= 11 is 0. The van der Waals surface area contributed by atoms with Crippen molar-refractivity contribution in [2.75, 3.05) is 0 Å². The Hall–Kier alpha value is -1.91. The normalized spacial score (nSPS) is 10.7. The lowest BCUT2D eigenvalue weighted by Crippen LogP contribution is -2.19. The zero-order chi connectivity index (χ0) is 8.72. The second kappa shape index (κ2) is 2.04. The van der Waals surface area contributed by atoms with Crippen molar-refractivity contribution >= 4 is 6.29 Å². The van der Waals surface area contributed by atoms with Crippen molar-refractivity contribution in [3.8, 4) is 11.4 Å². The summed E-state index contributed by atoms with van der Waals surface area (Å²) in [6, 6.07) is 1.31. The van der Waals surface area contributed by atoms with Crippen molar-refractivity contribution in [2.45, 2.75) is 0 Å². The molecule has 2 heterocycles. The van der Waals surface area contributed by atoms with Gasteiger partial charge in [-0.1, -0.05) is 0 Å². The van der Waals surface area contributed by atoms with E-state index in [-0.39, 0.29) is 17.1 Å². The summed E-state index contributed by atoms with van der Waals surface area (Å²) in [7, 11) is 0. The molecule has 5 heteroatoms. The fourth-order valence-electron chi connectivity index (χ4n) is 1.00. The molecule has 0 aromatic heterocycles. The van der Waals surface area contributed by atoms with Crippen molar-refractivity contribution < 1.29 is 4.79 Å². The van der Waals surface area contributed by atoms with Gasteiger partial charge >= 0.3 is 5.56 Å². The van der Waals surface area contributed by atoms with Gasteiger partial charge in [0.2, 0.25) is 0 Å². The molecule has 0 saturated heterocycles. The molecule has 2 aliphatic heterocycles. The number of hydrogen-bond acceptors (Lipinski definition) is 5. The minimum absolute atomic E-state index is 0.0119. The third-order valence-electron chi connectivity index (χ3n) is 1.52. The highest BCUT2D eigenvalue weighted by Crippen LogP contribution is 2.12. The van der Waals surface area contributed by atoms with Gasteiger partial charge in [-0.3, -0.25) is 14.4 Å². The Morgan fingerprint density at radius 3 is 2.58 bits per heavy atom. The molecule has 12 heavy (non-hydrogen) atoms. The number of rotatable bonds is 1. The SMILES string of the molecule is O=Cc1cc2nc(=O)c(=O)c-2n1. The largest absolute Gasteiger partial charge is 0.320 e. The van der Waals surface area contributed by atoms with Gasteiger partial charge in [0.05, 0.1) is 5.69 Å². The van der Waals surface area contributed by atoms with E-state index in [2.05, 4.69) is 9.97 Å². The molecule has 0 aromatic rings. The summed E-state index contributed by atoms with van der Waals surface area (Å²) < 4.78 is 0. The number of carbonyl (C=O) groups excluding carboxylic acids is 1. The van der Waals surface area contributed by atoms with E-state index in [1.807, 2.05) is 0 Å².